The molecule has 2 aliphatic rings. The summed E-state index contributed by atoms with van der Waals surface area (Å²) in [5.74, 6) is 0.0829. The number of aromatic nitrogens is 1. The highest BCUT2D eigenvalue weighted by Gasteiger charge is 2.37. The zero-order chi connectivity index (χ0) is 20.5. The van der Waals surface area contributed by atoms with Crippen LogP contribution >= 0.6 is 11.8 Å². The lowest BCUT2D eigenvalue weighted by Crippen LogP contribution is -2.45. The fourth-order valence-corrected chi connectivity index (χ4v) is 4.75. The largest absolute Gasteiger partial charge is 0.347 e. The molecule has 0 unspecified atom stereocenters. The number of likely N-dealkylation sites (tertiary alicyclic amines) is 1. The first-order chi connectivity index (χ1) is 14.0. The minimum absolute atomic E-state index is 0.150. The van der Waals surface area contributed by atoms with E-state index in [1.165, 1.54) is 0 Å². The molecule has 0 atom stereocenters. The Morgan fingerprint density at radius 2 is 1.93 bits per heavy atom. The lowest BCUT2D eigenvalue weighted by atomic mass is 9.99. The normalized spacial score (nSPS) is 19.7. The number of hydrogen-bond acceptors (Lipinski definition) is 4. The van der Waals surface area contributed by atoms with Crippen LogP contribution in [0.4, 0.5) is 4.79 Å². The number of hydrogen-bond donors (Lipinski definition) is 0. The Morgan fingerprint density at radius 1 is 1.21 bits per heavy atom. The number of thioether (sulfide) groups is 1. The van der Waals surface area contributed by atoms with Gasteiger partial charge in [0.1, 0.15) is 6.54 Å². The molecule has 2 saturated heterocycles. The van der Waals surface area contributed by atoms with Crippen LogP contribution in [0.3, 0.4) is 0 Å². The van der Waals surface area contributed by atoms with Crippen molar-refractivity contribution in [2.45, 2.75) is 33.2 Å². The van der Waals surface area contributed by atoms with Gasteiger partial charge in [-0.15, -0.1) is 0 Å². The third kappa shape index (κ3) is 3.83. The predicted molar refractivity (Wildman–Crippen MR) is 115 cm³/mol. The summed E-state index contributed by atoms with van der Waals surface area (Å²) in [5.41, 5.74) is 2.00. The first kappa shape index (κ1) is 19.8. The van der Waals surface area contributed by atoms with Gasteiger partial charge in [0.15, 0.2) is 0 Å². The number of fused-ring (bicyclic) bond motifs is 1. The van der Waals surface area contributed by atoms with E-state index >= 15 is 0 Å². The summed E-state index contributed by atoms with van der Waals surface area (Å²) in [6.45, 7) is 6.28. The van der Waals surface area contributed by atoms with E-state index in [1.807, 2.05) is 30.5 Å². The topological polar surface area (TPSA) is 62.6 Å². The molecular formula is C22H25N3O3S. The molecule has 2 fully saturated rings. The zero-order valence-electron chi connectivity index (χ0n) is 16.8. The number of imide groups is 1. The Kier molecular flexibility index (Phi) is 5.50. The quantitative estimate of drug-likeness (QED) is 0.715. The van der Waals surface area contributed by atoms with Gasteiger partial charge in [0, 0.05) is 42.3 Å². The predicted octanol–water partition coefficient (Wildman–Crippen LogP) is 3.96. The molecule has 0 N–H and O–H groups in total. The van der Waals surface area contributed by atoms with Gasteiger partial charge in [-0.2, -0.15) is 0 Å². The van der Waals surface area contributed by atoms with Crippen LogP contribution in [0.5, 0.6) is 0 Å². The van der Waals surface area contributed by atoms with Crippen LogP contribution in [0, 0.1) is 5.92 Å². The van der Waals surface area contributed by atoms with Crippen molar-refractivity contribution in [3.05, 3.63) is 40.9 Å². The molecule has 6 nitrogen and oxygen atoms in total. The highest BCUT2D eigenvalue weighted by atomic mass is 32.2. The van der Waals surface area contributed by atoms with Crippen molar-refractivity contribution in [2.75, 3.05) is 19.6 Å². The standard InChI is InChI=1S/C22H25N3O3S/c1-3-23-13-16(17-6-4-5-7-18(17)23)12-19-21(27)25(22(28)29-19)14-20(26)24-10-8-15(2)9-11-24/h4-7,12-13,15H,3,8-11,14H2,1-2H3/b19-12-. The molecule has 2 aliphatic heterocycles. The second-order valence-electron chi connectivity index (χ2n) is 7.72. The summed E-state index contributed by atoms with van der Waals surface area (Å²) < 4.78 is 2.12. The van der Waals surface area contributed by atoms with Gasteiger partial charge in [0.05, 0.1) is 4.91 Å². The molecule has 7 heteroatoms. The van der Waals surface area contributed by atoms with Crippen molar-refractivity contribution < 1.29 is 14.4 Å². The van der Waals surface area contributed by atoms with Gasteiger partial charge in [-0.25, -0.2) is 0 Å². The van der Waals surface area contributed by atoms with Gasteiger partial charge >= 0.3 is 0 Å². The lowest BCUT2D eigenvalue weighted by molar-refractivity contribution is -0.136. The number of amides is 3. The molecule has 1 aromatic carbocycles. The Bertz CT molecular complexity index is 1000. The molecule has 2 aromatic rings. The number of benzene rings is 1. The van der Waals surface area contributed by atoms with E-state index in [0.29, 0.717) is 23.9 Å². The molecular weight excluding hydrogens is 386 g/mol. The molecule has 0 aliphatic carbocycles. The van der Waals surface area contributed by atoms with Crippen LogP contribution in [-0.2, 0) is 16.1 Å². The Labute approximate surface area is 174 Å². The number of piperidine rings is 1. The van der Waals surface area contributed by atoms with Crippen LogP contribution in [0.25, 0.3) is 17.0 Å². The summed E-state index contributed by atoms with van der Waals surface area (Å²) in [6.07, 6.45) is 5.70. The van der Waals surface area contributed by atoms with Gasteiger partial charge in [0.2, 0.25) is 5.91 Å². The second kappa shape index (κ2) is 8.06. The Hall–Kier alpha value is -2.54. The number of nitrogens with zero attached hydrogens (tertiary/aromatic N) is 3. The summed E-state index contributed by atoms with van der Waals surface area (Å²) >= 11 is 0.910. The van der Waals surface area contributed by atoms with Gasteiger partial charge < -0.3 is 9.47 Å². The highest BCUT2D eigenvalue weighted by molar-refractivity contribution is 8.18. The number of rotatable bonds is 4. The summed E-state index contributed by atoms with van der Waals surface area (Å²) in [7, 11) is 0. The SMILES string of the molecule is CCn1cc(/C=C2\SC(=O)N(CC(=O)N3CCC(C)CC3)C2=O)c2ccccc21. The van der Waals surface area contributed by atoms with E-state index in [-0.39, 0.29) is 23.6 Å². The Balaban J connectivity index is 1.53. The highest BCUT2D eigenvalue weighted by Crippen LogP contribution is 2.34. The maximum atomic E-state index is 12.8. The molecule has 3 amide bonds. The third-order valence-electron chi connectivity index (χ3n) is 5.75. The van der Waals surface area contributed by atoms with Gasteiger partial charge in [-0.1, -0.05) is 25.1 Å². The summed E-state index contributed by atoms with van der Waals surface area (Å²) in [4.78, 5) is 41.1. The molecule has 0 saturated carbocycles. The van der Waals surface area contributed by atoms with E-state index in [4.69, 9.17) is 0 Å². The number of carbonyl (C=O) groups excluding carboxylic acids is 3. The molecule has 3 heterocycles. The molecule has 1 aromatic heterocycles. The van der Waals surface area contributed by atoms with E-state index in [9.17, 15) is 14.4 Å². The second-order valence-corrected chi connectivity index (χ2v) is 8.71. The van der Waals surface area contributed by atoms with Crippen LogP contribution in [0.2, 0.25) is 0 Å². The van der Waals surface area contributed by atoms with E-state index in [1.54, 1.807) is 11.0 Å². The fraction of sp³-hybridized carbons (Fsp3) is 0.409. The number of carbonyl (C=O) groups is 3. The molecule has 152 valence electrons. The maximum Gasteiger partial charge on any atom is 0.294 e. The first-order valence-electron chi connectivity index (χ1n) is 10.1. The Morgan fingerprint density at radius 3 is 2.66 bits per heavy atom. The van der Waals surface area contributed by atoms with Gasteiger partial charge in [-0.05, 0) is 49.6 Å². The van der Waals surface area contributed by atoms with Crippen molar-refractivity contribution in [3.8, 4) is 0 Å². The minimum Gasteiger partial charge on any atom is -0.347 e. The van der Waals surface area contributed by atoms with E-state index in [2.05, 4.69) is 18.4 Å². The minimum atomic E-state index is -0.382. The van der Waals surface area contributed by atoms with E-state index in [0.717, 1.165) is 52.5 Å². The summed E-state index contributed by atoms with van der Waals surface area (Å²) in [6, 6.07) is 8.00. The maximum absolute atomic E-state index is 12.8. The van der Waals surface area contributed by atoms with Crippen molar-refractivity contribution in [2.24, 2.45) is 5.92 Å². The van der Waals surface area contributed by atoms with Crippen LogP contribution in [0.15, 0.2) is 35.4 Å². The lowest BCUT2D eigenvalue weighted by Gasteiger charge is -2.31. The van der Waals surface area contributed by atoms with Crippen LogP contribution in [0.1, 0.15) is 32.3 Å². The zero-order valence-corrected chi connectivity index (χ0v) is 17.6. The molecule has 29 heavy (non-hydrogen) atoms. The monoisotopic (exact) mass is 411 g/mol. The van der Waals surface area contributed by atoms with Crippen molar-refractivity contribution in [1.82, 2.24) is 14.4 Å². The van der Waals surface area contributed by atoms with Gasteiger partial charge in [-0.3, -0.25) is 19.3 Å². The van der Waals surface area contributed by atoms with E-state index < -0.39 is 0 Å². The molecule has 0 bridgehead atoms. The third-order valence-corrected chi connectivity index (χ3v) is 6.66. The molecule has 0 spiro atoms. The van der Waals surface area contributed by atoms with Gasteiger partial charge in [0.25, 0.3) is 11.1 Å². The summed E-state index contributed by atoms with van der Waals surface area (Å²) in [5, 5.41) is 0.666. The van der Waals surface area contributed by atoms with Crippen LogP contribution in [-0.4, -0.2) is 51.1 Å². The van der Waals surface area contributed by atoms with Crippen molar-refractivity contribution in [1.29, 1.82) is 0 Å². The average Bonchev–Trinajstić information content (AvgIpc) is 3.21. The smallest absolute Gasteiger partial charge is 0.294 e. The number of aryl methyl sites for hydroxylation is 1. The number of para-hydroxylation sites is 1. The molecule has 0 radical (unpaired) electrons. The molecule has 4 rings (SSSR count). The average molecular weight is 412 g/mol. The van der Waals surface area contributed by atoms with Crippen LogP contribution < -0.4 is 0 Å². The van der Waals surface area contributed by atoms with Crippen molar-refractivity contribution in [3.63, 3.8) is 0 Å². The fourth-order valence-electron chi connectivity index (χ4n) is 3.92. The first-order valence-corrected chi connectivity index (χ1v) is 10.9. The van der Waals surface area contributed by atoms with Crippen molar-refractivity contribution >= 4 is 45.8 Å².